The summed E-state index contributed by atoms with van der Waals surface area (Å²) in [7, 11) is 0. The van der Waals surface area contributed by atoms with E-state index < -0.39 is 0 Å². The molecule has 102 valence electrons. The van der Waals surface area contributed by atoms with Crippen LogP contribution in [0.2, 0.25) is 0 Å². The number of hydrogen-bond acceptors (Lipinski definition) is 5. The molecule has 7 heteroatoms. The van der Waals surface area contributed by atoms with Crippen LogP contribution < -0.4 is 5.56 Å². The number of rotatable bonds is 3. The topological polar surface area (TPSA) is 78.5 Å². The summed E-state index contributed by atoms with van der Waals surface area (Å²) in [4.78, 5) is 24.9. The van der Waals surface area contributed by atoms with Gasteiger partial charge in [-0.1, -0.05) is 0 Å². The molecular weight excluding hydrogens is 256 g/mol. The summed E-state index contributed by atoms with van der Waals surface area (Å²) < 4.78 is 3.24. The van der Waals surface area contributed by atoms with Crippen LogP contribution in [0.25, 0.3) is 11.0 Å². The molecule has 3 heterocycles. The van der Waals surface area contributed by atoms with E-state index in [9.17, 15) is 4.79 Å². The van der Waals surface area contributed by atoms with Crippen molar-refractivity contribution in [2.24, 2.45) is 0 Å². The lowest BCUT2D eigenvalue weighted by Crippen LogP contribution is -2.21. The molecule has 0 bridgehead atoms. The van der Waals surface area contributed by atoms with Crippen LogP contribution >= 0.6 is 0 Å². The number of aromatic nitrogens is 6. The first kappa shape index (κ1) is 12.5. The van der Waals surface area contributed by atoms with Crippen LogP contribution in [-0.4, -0.2) is 29.3 Å². The van der Waals surface area contributed by atoms with Crippen LogP contribution in [0.5, 0.6) is 0 Å². The van der Waals surface area contributed by atoms with E-state index in [0.29, 0.717) is 29.9 Å². The molecule has 0 aromatic carbocycles. The van der Waals surface area contributed by atoms with Gasteiger partial charge in [0.15, 0.2) is 5.65 Å². The standard InChI is InChI=1S/C13H14N6O/c1-3-19-12-11(6-17-19)13(20)18(8-16-12)7-10-4-14-9(2)15-5-10/h4-6,8H,3,7H2,1-2H3. The molecule has 0 atom stereocenters. The summed E-state index contributed by atoms with van der Waals surface area (Å²) >= 11 is 0. The van der Waals surface area contributed by atoms with Crippen molar-refractivity contribution in [3.63, 3.8) is 0 Å². The van der Waals surface area contributed by atoms with E-state index in [-0.39, 0.29) is 5.56 Å². The molecule has 3 aromatic heterocycles. The first-order valence-electron chi connectivity index (χ1n) is 6.37. The molecule has 0 aliphatic rings. The Hall–Kier alpha value is -2.57. The average Bonchev–Trinajstić information content (AvgIpc) is 2.88. The highest BCUT2D eigenvalue weighted by Crippen LogP contribution is 2.06. The van der Waals surface area contributed by atoms with Gasteiger partial charge < -0.3 is 0 Å². The van der Waals surface area contributed by atoms with Crippen molar-refractivity contribution >= 4 is 11.0 Å². The van der Waals surface area contributed by atoms with Crippen molar-refractivity contribution in [2.75, 3.05) is 0 Å². The maximum absolute atomic E-state index is 12.4. The van der Waals surface area contributed by atoms with Crippen LogP contribution in [0.15, 0.2) is 29.7 Å². The lowest BCUT2D eigenvalue weighted by molar-refractivity contribution is 0.671. The van der Waals surface area contributed by atoms with Gasteiger partial charge in [-0.2, -0.15) is 5.10 Å². The number of aryl methyl sites for hydroxylation is 2. The van der Waals surface area contributed by atoms with E-state index >= 15 is 0 Å². The predicted octanol–water partition coefficient (Wildman–Crippen LogP) is 0.760. The molecule has 7 nitrogen and oxygen atoms in total. The van der Waals surface area contributed by atoms with Gasteiger partial charge in [0.2, 0.25) is 0 Å². The molecule has 3 rings (SSSR count). The van der Waals surface area contributed by atoms with E-state index in [4.69, 9.17) is 0 Å². The smallest absolute Gasteiger partial charge is 0.264 e. The molecule has 0 spiro atoms. The van der Waals surface area contributed by atoms with E-state index in [2.05, 4.69) is 20.1 Å². The van der Waals surface area contributed by atoms with Gasteiger partial charge in [0.1, 0.15) is 17.5 Å². The monoisotopic (exact) mass is 270 g/mol. The minimum absolute atomic E-state index is 0.102. The van der Waals surface area contributed by atoms with E-state index in [1.807, 2.05) is 13.8 Å². The van der Waals surface area contributed by atoms with E-state index in [0.717, 1.165) is 5.56 Å². The quantitative estimate of drug-likeness (QED) is 0.702. The number of nitrogens with zero attached hydrogens (tertiary/aromatic N) is 6. The van der Waals surface area contributed by atoms with E-state index in [1.54, 1.807) is 29.6 Å². The molecule has 0 saturated heterocycles. The van der Waals surface area contributed by atoms with Crippen LogP contribution in [-0.2, 0) is 13.1 Å². The minimum atomic E-state index is -0.102. The summed E-state index contributed by atoms with van der Waals surface area (Å²) in [6, 6.07) is 0. The van der Waals surface area contributed by atoms with Crippen molar-refractivity contribution in [3.8, 4) is 0 Å². The number of hydrogen-bond donors (Lipinski definition) is 0. The number of fused-ring (bicyclic) bond motifs is 1. The van der Waals surface area contributed by atoms with Gasteiger partial charge in [0, 0.05) is 24.5 Å². The zero-order chi connectivity index (χ0) is 14.1. The van der Waals surface area contributed by atoms with E-state index in [1.165, 1.54) is 4.57 Å². The highest BCUT2D eigenvalue weighted by molar-refractivity contribution is 5.72. The van der Waals surface area contributed by atoms with Crippen molar-refractivity contribution in [1.29, 1.82) is 0 Å². The molecule has 0 amide bonds. The summed E-state index contributed by atoms with van der Waals surface area (Å²) in [5, 5.41) is 4.68. The Labute approximate surface area is 114 Å². The molecule has 0 fully saturated rings. The van der Waals surface area contributed by atoms with Crippen molar-refractivity contribution in [2.45, 2.75) is 26.9 Å². The second kappa shape index (κ2) is 4.84. The van der Waals surface area contributed by atoms with Gasteiger partial charge >= 0.3 is 0 Å². The maximum Gasteiger partial charge on any atom is 0.264 e. The second-order valence-electron chi connectivity index (χ2n) is 4.51. The molecular formula is C13H14N6O. The third kappa shape index (κ3) is 2.07. The van der Waals surface area contributed by atoms with Crippen LogP contribution in [0.1, 0.15) is 18.3 Å². The zero-order valence-electron chi connectivity index (χ0n) is 11.3. The second-order valence-corrected chi connectivity index (χ2v) is 4.51. The lowest BCUT2D eigenvalue weighted by Gasteiger charge is -2.05. The van der Waals surface area contributed by atoms with Gasteiger partial charge in [-0.3, -0.25) is 9.36 Å². The Kier molecular flexibility index (Phi) is 3.02. The third-order valence-electron chi connectivity index (χ3n) is 3.11. The van der Waals surface area contributed by atoms with Crippen molar-refractivity contribution in [3.05, 3.63) is 46.7 Å². The van der Waals surface area contributed by atoms with Gasteiger partial charge in [-0.05, 0) is 13.8 Å². The molecule has 20 heavy (non-hydrogen) atoms. The van der Waals surface area contributed by atoms with Crippen molar-refractivity contribution in [1.82, 2.24) is 29.3 Å². The third-order valence-corrected chi connectivity index (χ3v) is 3.11. The Morgan fingerprint density at radius 3 is 2.60 bits per heavy atom. The summed E-state index contributed by atoms with van der Waals surface area (Å²) in [6.45, 7) is 4.87. The SMILES string of the molecule is CCn1ncc2c(=O)n(Cc3cnc(C)nc3)cnc21. The highest BCUT2D eigenvalue weighted by atomic mass is 16.1. The fraction of sp³-hybridized carbons (Fsp3) is 0.308. The Morgan fingerprint density at radius 1 is 1.15 bits per heavy atom. The molecule has 3 aromatic rings. The maximum atomic E-state index is 12.4. The summed E-state index contributed by atoms with van der Waals surface area (Å²) in [5.41, 5.74) is 1.38. The Balaban J connectivity index is 2.02. The fourth-order valence-electron chi connectivity index (χ4n) is 2.04. The summed E-state index contributed by atoms with van der Waals surface area (Å²) in [6.07, 6.45) is 6.54. The normalized spacial score (nSPS) is 11.1. The predicted molar refractivity (Wildman–Crippen MR) is 73.3 cm³/mol. The largest absolute Gasteiger partial charge is 0.294 e. The van der Waals surface area contributed by atoms with Gasteiger partial charge in [-0.25, -0.2) is 19.6 Å². The zero-order valence-corrected chi connectivity index (χ0v) is 11.3. The van der Waals surface area contributed by atoms with Gasteiger partial charge in [-0.15, -0.1) is 0 Å². The summed E-state index contributed by atoms with van der Waals surface area (Å²) in [5.74, 6) is 0.707. The van der Waals surface area contributed by atoms with Crippen LogP contribution in [0, 0.1) is 6.92 Å². The first-order chi connectivity index (χ1) is 9.69. The molecule has 0 N–H and O–H groups in total. The fourth-order valence-corrected chi connectivity index (χ4v) is 2.04. The molecule has 0 unspecified atom stereocenters. The highest BCUT2D eigenvalue weighted by Gasteiger charge is 2.09. The van der Waals surface area contributed by atoms with Gasteiger partial charge in [0.05, 0.1) is 12.7 Å². The van der Waals surface area contributed by atoms with Gasteiger partial charge in [0.25, 0.3) is 5.56 Å². The Morgan fingerprint density at radius 2 is 1.90 bits per heavy atom. The van der Waals surface area contributed by atoms with Crippen LogP contribution in [0.4, 0.5) is 0 Å². The lowest BCUT2D eigenvalue weighted by atomic mass is 10.3. The molecule has 0 radical (unpaired) electrons. The first-order valence-corrected chi connectivity index (χ1v) is 6.37. The molecule has 0 saturated carbocycles. The molecule has 0 aliphatic carbocycles. The average molecular weight is 270 g/mol. The van der Waals surface area contributed by atoms with Crippen LogP contribution in [0.3, 0.4) is 0 Å². The minimum Gasteiger partial charge on any atom is -0.294 e. The molecule has 0 aliphatic heterocycles. The Bertz CT molecular complexity index is 802. The van der Waals surface area contributed by atoms with Crippen molar-refractivity contribution < 1.29 is 0 Å².